The van der Waals surface area contributed by atoms with Crippen LogP contribution in [0.5, 0.6) is 0 Å². The monoisotopic (exact) mass is 295 g/mol. The van der Waals surface area contributed by atoms with E-state index in [0.29, 0.717) is 6.04 Å². The Morgan fingerprint density at radius 2 is 2.00 bits per heavy atom. The summed E-state index contributed by atoms with van der Waals surface area (Å²) in [6.45, 7) is 4.86. The molecule has 3 unspecified atom stereocenters. The van der Waals surface area contributed by atoms with Crippen molar-refractivity contribution in [2.24, 2.45) is 17.8 Å². The second-order valence-corrected chi connectivity index (χ2v) is 8.01. The summed E-state index contributed by atoms with van der Waals surface area (Å²) in [4.78, 5) is 2.73. The fraction of sp³-hybridized carbons (Fsp3) is 0.857. The summed E-state index contributed by atoms with van der Waals surface area (Å²) in [6.07, 6.45) is 5.58. The first-order chi connectivity index (χ1) is 9.35. The van der Waals surface area contributed by atoms with Crippen molar-refractivity contribution in [2.75, 3.05) is 18.8 Å². The van der Waals surface area contributed by atoms with E-state index >= 15 is 0 Å². The Bertz CT molecular complexity index is 431. The first kappa shape index (κ1) is 12.6. The molecule has 104 valence electrons. The molecule has 5 heteroatoms. The number of hydrogen-bond donors (Lipinski definition) is 0. The van der Waals surface area contributed by atoms with E-state index in [-0.39, 0.29) is 0 Å². The first-order valence-electron chi connectivity index (χ1n) is 7.54. The van der Waals surface area contributed by atoms with Crippen LogP contribution in [0.3, 0.4) is 0 Å². The lowest BCUT2D eigenvalue weighted by atomic mass is 9.64. The summed E-state index contributed by atoms with van der Waals surface area (Å²) in [5.41, 5.74) is 1.31. The minimum atomic E-state index is 0.589. The van der Waals surface area contributed by atoms with Crippen LogP contribution in [-0.2, 0) is 0 Å². The molecule has 4 aliphatic rings. The zero-order chi connectivity index (χ0) is 12.8. The molecule has 4 bridgehead atoms. The van der Waals surface area contributed by atoms with Gasteiger partial charge in [0.05, 0.1) is 17.8 Å². The maximum Gasteiger partial charge on any atom is 0.135 e. The third-order valence-corrected chi connectivity index (χ3v) is 6.81. The van der Waals surface area contributed by atoms with Crippen molar-refractivity contribution in [1.29, 1.82) is 0 Å². The highest BCUT2D eigenvalue weighted by atomic mass is 32.2. The van der Waals surface area contributed by atoms with Gasteiger partial charge in [0, 0.05) is 13.1 Å². The minimum Gasteiger partial charge on any atom is -0.294 e. The van der Waals surface area contributed by atoms with Gasteiger partial charge in [-0.05, 0) is 49.2 Å². The molecule has 5 rings (SSSR count). The van der Waals surface area contributed by atoms with E-state index in [0.717, 1.165) is 17.8 Å². The SMILES string of the molecule is CCCSc1nsnc1C1C2CC3CC(C2)CN1C3. The van der Waals surface area contributed by atoms with Crippen molar-refractivity contribution in [3.05, 3.63) is 5.69 Å². The van der Waals surface area contributed by atoms with Crippen LogP contribution < -0.4 is 0 Å². The molecule has 0 radical (unpaired) electrons. The quantitative estimate of drug-likeness (QED) is 0.796. The third-order valence-electron chi connectivity index (χ3n) is 4.97. The summed E-state index contributed by atoms with van der Waals surface area (Å²) in [6, 6.07) is 0.589. The van der Waals surface area contributed by atoms with Crippen molar-refractivity contribution in [2.45, 2.75) is 43.7 Å². The molecule has 19 heavy (non-hydrogen) atoms. The minimum absolute atomic E-state index is 0.589. The number of thioether (sulfide) groups is 1. The molecule has 1 aromatic rings. The van der Waals surface area contributed by atoms with Crippen molar-refractivity contribution in [3.8, 4) is 0 Å². The van der Waals surface area contributed by atoms with Gasteiger partial charge in [0.15, 0.2) is 0 Å². The summed E-state index contributed by atoms with van der Waals surface area (Å²) in [5.74, 6) is 3.98. The highest BCUT2D eigenvalue weighted by Crippen LogP contribution is 2.53. The van der Waals surface area contributed by atoms with Gasteiger partial charge >= 0.3 is 0 Å². The topological polar surface area (TPSA) is 29.0 Å². The van der Waals surface area contributed by atoms with Crippen LogP contribution in [0.1, 0.15) is 44.3 Å². The van der Waals surface area contributed by atoms with E-state index in [4.69, 9.17) is 0 Å². The van der Waals surface area contributed by atoms with Crippen LogP contribution in [0.2, 0.25) is 0 Å². The Balaban J connectivity index is 1.60. The molecular formula is C14H21N3S2. The lowest BCUT2D eigenvalue weighted by molar-refractivity contribution is -0.0684. The van der Waals surface area contributed by atoms with Crippen molar-refractivity contribution < 1.29 is 0 Å². The van der Waals surface area contributed by atoms with Crippen molar-refractivity contribution >= 4 is 23.5 Å². The van der Waals surface area contributed by atoms with Gasteiger partial charge in [-0.3, -0.25) is 4.90 Å². The number of hydrogen-bond acceptors (Lipinski definition) is 5. The van der Waals surface area contributed by atoms with Gasteiger partial charge in [0.25, 0.3) is 0 Å². The molecule has 1 saturated carbocycles. The number of rotatable bonds is 4. The van der Waals surface area contributed by atoms with E-state index in [9.17, 15) is 0 Å². The Kier molecular flexibility index (Phi) is 3.32. The standard InChI is InChI=1S/C14H21N3S2/c1-2-3-18-14-12(15-19-16-14)13-11-5-9-4-10(6-11)8-17(13)7-9/h9-11,13H,2-8H2,1H3. The van der Waals surface area contributed by atoms with E-state index in [1.807, 2.05) is 11.8 Å². The highest BCUT2D eigenvalue weighted by Gasteiger charge is 2.48. The number of piperidine rings is 3. The Morgan fingerprint density at radius 3 is 2.68 bits per heavy atom. The van der Waals surface area contributed by atoms with Crippen molar-refractivity contribution in [1.82, 2.24) is 13.6 Å². The average molecular weight is 295 g/mol. The lowest BCUT2D eigenvalue weighted by Gasteiger charge is -2.56. The molecule has 0 spiro atoms. The molecule has 1 aliphatic carbocycles. The average Bonchev–Trinajstić information content (AvgIpc) is 2.83. The van der Waals surface area contributed by atoms with E-state index < -0.39 is 0 Å². The molecule has 3 atom stereocenters. The van der Waals surface area contributed by atoms with Gasteiger partial charge in [-0.25, -0.2) is 0 Å². The molecule has 1 aromatic heterocycles. The summed E-state index contributed by atoms with van der Waals surface area (Å²) in [5, 5.41) is 1.23. The Labute approximate surface area is 123 Å². The first-order valence-corrected chi connectivity index (χ1v) is 9.26. The fourth-order valence-corrected chi connectivity index (χ4v) is 6.07. The largest absolute Gasteiger partial charge is 0.294 e. The molecule has 0 N–H and O–H groups in total. The van der Waals surface area contributed by atoms with Gasteiger partial charge in [0.1, 0.15) is 10.7 Å². The fourth-order valence-electron chi connectivity index (χ4n) is 4.50. The van der Waals surface area contributed by atoms with Crippen LogP contribution >= 0.6 is 23.5 Å². The molecule has 3 saturated heterocycles. The Hall–Kier alpha value is -0.130. The summed E-state index contributed by atoms with van der Waals surface area (Å²) < 4.78 is 9.24. The summed E-state index contributed by atoms with van der Waals surface area (Å²) in [7, 11) is 0. The van der Waals surface area contributed by atoms with Gasteiger partial charge in [0.2, 0.25) is 0 Å². The molecule has 4 heterocycles. The second kappa shape index (κ2) is 5.01. The number of aromatic nitrogens is 2. The molecular weight excluding hydrogens is 274 g/mol. The number of nitrogens with zero attached hydrogens (tertiary/aromatic N) is 3. The van der Waals surface area contributed by atoms with Crippen molar-refractivity contribution in [3.63, 3.8) is 0 Å². The highest BCUT2D eigenvalue weighted by molar-refractivity contribution is 7.99. The van der Waals surface area contributed by atoms with Gasteiger partial charge in [-0.2, -0.15) is 8.75 Å². The van der Waals surface area contributed by atoms with E-state index in [1.165, 1.54) is 67.0 Å². The van der Waals surface area contributed by atoms with Crippen LogP contribution in [0.15, 0.2) is 5.03 Å². The van der Waals surface area contributed by atoms with Gasteiger partial charge in [-0.1, -0.05) is 6.92 Å². The van der Waals surface area contributed by atoms with E-state index in [2.05, 4.69) is 20.6 Å². The maximum absolute atomic E-state index is 4.68. The zero-order valence-electron chi connectivity index (χ0n) is 11.4. The van der Waals surface area contributed by atoms with Gasteiger partial charge < -0.3 is 0 Å². The second-order valence-electron chi connectivity index (χ2n) is 6.40. The van der Waals surface area contributed by atoms with Crippen LogP contribution in [0, 0.1) is 17.8 Å². The predicted molar refractivity (Wildman–Crippen MR) is 79.6 cm³/mol. The molecule has 3 nitrogen and oxygen atoms in total. The smallest absolute Gasteiger partial charge is 0.135 e. The predicted octanol–water partition coefficient (Wildman–Crippen LogP) is 3.44. The Morgan fingerprint density at radius 1 is 1.21 bits per heavy atom. The van der Waals surface area contributed by atoms with Crippen LogP contribution in [0.4, 0.5) is 0 Å². The van der Waals surface area contributed by atoms with Gasteiger partial charge in [-0.15, -0.1) is 11.8 Å². The third kappa shape index (κ3) is 2.14. The summed E-state index contributed by atoms with van der Waals surface area (Å²) >= 11 is 3.32. The lowest BCUT2D eigenvalue weighted by Crippen LogP contribution is -2.55. The van der Waals surface area contributed by atoms with Crippen LogP contribution in [-0.4, -0.2) is 32.5 Å². The molecule has 3 aliphatic heterocycles. The molecule has 4 fully saturated rings. The maximum atomic E-state index is 4.68. The zero-order valence-corrected chi connectivity index (χ0v) is 13.1. The molecule has 0 amide bonds. The molecule has 0 aromatic carbocycles. The van der Waals surface area contributed by atoms with E-state index in [1.54, 1.807) is 0 Å². The normalized spacial score (nSPS) is 39.9. The van der Waals surface area contributed by atoms with Crippen LogP contribution in [0.25, 0.3) is 0 Å².